The van der Waals surface area contributed by atoms with E-state index in [-0.39, 0.29) is 37.0 Å². The van der Waals surface area contributed by atoms with E-state index in [1.165, 1.54) is 0 Å². The summed E-state index contributed by atoms with van der Waals surface area (Å²) < 4.78 is 109. The molecule has 1 aliphatic heterocycles. The van der Waals surface area contributed by atoms with Gasteiger partial charge in [0.25, 0.3) is 6.43 Å². The Morgan fingerprint density at radius 1 is 1.15 bits per heavy atom. The van der Waals surface area contributed by atoms with Gasteiger partial charge in [-0.1, -0.05) is 0 Å². The Kier molecular flexibility index (Phi) is 6.20. The minimum atomic E-state index is -3.60. The number of hydrogen-bond donors (Lipinski definition) is 2. The van der Waals surface area contributed by atoms with Gasteiger partial charge in [-0.15, -0.1) is 5.10 Å². The maximum Gasteiger partial charge on any atom is 0.269 e. The fourth-order valence-corrected chi connectivity index (χ4v) is 4.64. The van der Waals surface area contributed by atoms with E-state index in [0.717, 1.165) is 16.8 Å². The Bertz CT molecular complexity index is 1370. The molecule has 1 aliphatic rings. The molecule has 1 aromatic carbocycles. The Morgan fingerprint density at radius 2 is 1.85 bits per heavy atom. The predicted molar refractivity (Wildman–Crippen MR) is 108 cm³/mol. The Morgan fingerprint density at radius 3 is 2.47 bits per heavy atom. The number of aromatic nitrogens is 3. The standard InChI is InChI=1S/C19H17F6N5O3S/c1-34(32,33)29-3-2-11(14(31)7-29)27-19-26-6-13-8(20)5-12(30(13)28-19)15-9(21)4-10(22)16(17(15)23)18(24)25/h4-6,11,14,18,31H,2-3,7H2,1H3,(H,27,28)/t11-,14-/m1/s1. The summed E-state index contributed by atoms with van der Waals surface area (Å²) in [6, 6.07) is -0.00484. The number of fused-ring (bicyclic) bond motifs is 1. The highest BCUT2D eigenvalue weighted by Crippen LogP contribution is 2.36. The number of alkyl halides is 2. The van der Waals surface area contributed by atoms with Crippen molar-refractivity contribution in [3.63, 3.8) is 0 Å². The molecule has 0 bridgehead atoms. The molecule has 1 fully saturated rings. The van der Waals surface area contributed by atoms with Crippen molar-refractivity contribution in [2.45, 2.75) is 25.0 Å². The number of aliphatic hydroxyl groups is 1. The summed E-state index contributed by atoms with van der Waals surface area (Å²) in [6.45, 7) is -0.119. The number of halogens is 6. The molecule has 0 saturated carbocycles. The number of anilines is 1. The van der Waals surface area contributed by atoms with Gasteiger partial charge in [-0.2, -0.15) is 4.31 Å². The average molecular weight is 509 g/mol. The number of piperidine rings is 1. The molecule has 0 radical (unpaired) electrons. The average Bonchev–Trinajstić information content (AvgIpc) is 3.03. The zero-order valence-electron chi connectivity index (χ0n) is 17.3. The van der Waals surface area contributed by atoms with Gasteiger partial charge < -0.3 is 10.4 Å². The second-order valence-corrected chi connectivity index (χ2v) is 9.71. The van der Waals surface area contributed by atoms with Crippen LogP contribution in [0.25, 0.3) is 16.8 Å². The van der Waals surface area contributed by atoms with Crippen LogP contribution in [0.4, 0.5) is 32.3 Å². The Labute approximate surface area is 188 Å². The van der Waals surface area contributed by atoms with Crippen molar-refractivity contribution in [3.8, 4) is 11.3 Å². The summed E-state index contributed by atoms with van der Waals surface area (Å²) in [5.41, 5.74) is -3.74. The summed E-state index contributed by atoms with van der Waals surface area (Å²) in [4.78, 5) is 3.88. The third-order valence-corrected chi connectivity index (χ3v) is 6.75. The largest absolute Gasteiger partial charge is 0.390 e. The molecule has 4 rings (SSSR count). The summed E-state index contributed by atoms with van der Waals surface area (Å²) in [6.07, 6.45) is -2.65. The summed E-state index contributed by atoms with van der Waals surface area (Å²) in [5, 5.41) is 17.0. The maximum absolute atomic E-state index is 14.7. The second-order valence-electron chi connectivity index (χ2n) is 7.73. The molecule has 3 heterocycles. The van der Waals surface area contributed by atoms with Crippen molar-refractivity contribution < 1.29 is 39.9 Å². The van der Waals surface area contributed by atoms with Gasteiger partial charge in [0.1, 0.15) is 23.0 Å². The first kappa shape index (κ1) is 24.2. The molecule has 0 amide bonds. The molecule has 0 unspecified atom stereocenters. The third kappa shape index (κ3) is 4.30. The van der Waals surface area contributed by atoms with Crippen LogP contribution in [-0.2, 0) is 10.0 Å². The number of nitrogens with one attached hydrogen (secondary N) is 1. The molecule has 0 spiro atoms. The van der Waals surface area contributed by atoms with Gasteiger partial charge in [-0.3, -0.25) is 0 Å². The third-order valence-electron chi connectivity index (χ3n) is 5.48. The van der Waals surface area contributed by atoms with Gasteiger partial charge >= 0.3 is 0 Å². The van der Waals surface area contributed by atoms with Crippen LogP contribution in [0.2, 0.25) is 0 Å². The van der Waals surface area contributed by atoms with E-state index < -0.39 is 68.7 Å². The smallest absolute Gasteiger partial charge is 0.269 e. The molecule has 2 N–H and O–H groups in total. The Hall–Kier alpha value is -2.91. The highest BCUT2D eigenvalue weighted by molar-refractivity contribution is 7.88. The fraction of sp³-hybridized carbons (Fsp3) is 0.368. The lowest BCUT2D eigenvalue weighted by molar-refractivity contribution is 0.0950. The fourth-order valence-electron chi connectivity index (χ4n) is 3.78. The number of β-amino-alcohol motifs (C(OH)–C–C–N with tert-alkyl or cyclic N) is 1. The lowest BCUT2D eigenvalue weighted by atomic mass is 10.0. The molecule has 15 heteroatoms. The van der Waals surface area contributed by atoms with Crippen LogP contribution in [0, 0.1) is 23.3 Å². The first-order valence-corrected chi connectivity index (χ1v) is 11.6. The van der Waals surface area contributed by atoms with E-state index in [4.69, 9.17) is 0 Å². The molecule has 8 nitrogen and oxygen atoms in total. The van der Waals surface area contributed by atoms with E-state index >= 15 is 0 Å². The van der Waals surface area contributed by atoms with Crippen LogP contribution in [0.3, 0.4) is 0 Å². The minimum absolute atomic E-state index is 0.0729. The highest BCUT2D eigenvalue weighted by atomic mass is 32.2. The van der Waals surface area contributed by atoms with Crippen LogP contribution in [-0.4, -0.2) is 63.9 Å². The number of sulfonamides is 1. The van der Waals surface area contributed by atoms with Gasteiger partial charge in [-0.05, 0) is 6.42 Å². The summed E-state index contributed by atoms with van der Waals surface area (Å²) >= 11 is 0. The maximum atomic E-state index is 14.7. The number of hydrogen-bond acceptors (Lipinski definition) is 6. The van der Waals surface area contributed by atoms with Gasteiger partial charge in [0, 0.05) is 25.2 Å². The number of aliphatic hydroxyl groups excluding tert-OH is 1. The topological polar surface area (TPSA) is 99.8 Å². The number of benzene rings is 1. The molecule has 3 aromatic rings. The van der Waals surface area contributed by atoms with E-state index in [1.54, 1.807) is 0 Å². The van der Waals surface area contributed by atoms with Gasteiger partial charge in [-0.25, -0.2) is 44.3 Å². The van der Waals surface area contributed by atoms with E-state index in [0.29, 0.717) is 10.6 Å². The minimum Gasteiger partial charge on any atom is -0.390 e. The van der Waals surface area contributed by atoms with Crippen LogP contribution in [0.1, 0.15) is 18.4 Å². The zero-order valence-corrected chi connectivity index (χ0v) is 18.1. The molecule has 184 valence electrons. The van der Waals surface area contributed by atoms with E-state index in [2.05, 4.69) is 15.4 Å². The van der Waals surface area contributed by atoms with Crippen LogP contribution < -0.4 is 5.32 Å². The van der Waals surface area contributed by atoms with Crippen molar-refractivity contribution >= 4 is 21.5 Å². The van der Waals surface area contributed by atoms with Crippen LogP contribution >= 0.6 is 0 Å². The lowest BCUT2D eigenvalue weighted by Gasteiger charge is -2.34. The molecule has 2 aromatic heterocycles. The normalized spacial score (nSPS) is 19.8. The van der Waals surface area contributed by atoms with Crippen molar-refractivity contribution in [2.75, 3.05) is 24.7 Å². The number of rotatable bonds is 5. The molecular weight excluding hydrogens is 492 g/mol. The first-order chi connectivity index (χ1) is 15.9. The van der Waals surface area contributed by atoms with Crippen molar-refractivity contribution in [1.82, 2.24) is 18.9 Å². The molecule has 0 aliphatic carbocycles. The summed E-state index contributed by atoms with van der Waals surface area (Å²) in [7, 11) is -3.52. The van der Waals surface area contributed by atoms with Gasteiger partial charge in [0.05, 0.1) is 41.4 Å². The highest BCUT2D eigenvalue weighted by Gasteiger charge is 2.33. The predicted octanol–water partition coefficient (Wildman–Crippen LogP) is 2.70. The molecular formula is C19H17F6N5O3S. The second kappa shape index (κ2) is 8.70. The van der Waals surface area contributed by atoms with E-state index in [1.807, 2.05) is 0 Å². The zero-order chi connectivity index (χ0) is 24.9. The Balaban J connectivity index is 1.73. The van der Waals surface area contributed by atoms with Gasteiger partial charge in [0.2, 0.25) is 16.0 Å². The number of nitrogens with zero attached hydrogens (tertiary/aromatic N) is 4. The van der Waals surface area contributed by atoms with Crippen molar-refractivity contribution in [1.29, 1.82) is 0 Å². The van der Waals surface area contributed by atoms with Gasteiger partial charge in [0.15, 0.2) is 5.82 Å². The molecule has 1 saturated heterocycles. The van der Waals surface area contributed by atoms with Crippen molar-refractivity contribution in [3.05, 3.63) is 47.2 Å². The van der Waals surface area contributed by atoms with Crippen LogP contribution in [0.5, 0.6) is 0 Å². The first-order valence-electron chi connectivity index (χ1n) is 9.78. The molecule has 2 atom stereocenters. The quantitative estimate of drug-likeness (QED) is 0.514. The van der Waals surface area contributed by atoms with Crippen LogP contribution in [0.15, 0.2) is 18.3 Å². The monoisotopic (exact) mass is 509 g/mol. The lowest BCUT2D eigenvalue weighted by Crippen LogP contribution is -2.51. The SMILES string of the molecule is CS(=O)(=O)N1CC[C@@H](Nc2ncc3c(F)cc(-c4c(F)cc(F)c(C(F)F)c4F)n3n2)[C@H](O)C1. The molecule has 34 heavy (non-hydrogen) atoms. The van der Waals surface area contributed by atoms with Crippen molar-refractivity contribution in [2.24, 2.45) is 0 Å². The van der Waals surface area contributed by atoms with E-state index in [9.17, 15) is 39.9 Å². The summed E-state index contributed by atoms with van der Waals surface area (Å²) in [5.74, 6) is -6.48.